The Balaban J connectivity index is 1.66. The van der Waals surface area contributed by atoms with Crippen molar-refractivity contribution in [2.45, 2.75) is 25.8 Å². The third kappa shape index (κ3) is 3.42. The Bertz CT molecular complexity index is 559. The summed E-state index contributed by atoms with van der Waals surface area (Å²) in [5.41, 5.74) is 1.93. The lowest BCUT2D eigenvalue weighted by atomic mass is 10.1. The van der Waals surface area contributed by atoms with Gasteiger partial charge in [-0.15, -0.1) is 0 Å². The van der Waals surface area contributed by atoms with Gasteiger partial charge in [0.25, 0.3) is 0 Å². The van der Waals surface area contributed by atoms with Crippen molar-refractivity contribution in [1.82, 2.24) is 9.88 Å². The summed E-state index contributed by atoms with van der Waals surface area (Å²) >= 11 is 0. The first kappa shape index (κ1) is 14.1. The second-order valence-corrected chi connectivity index (χ2v) is 5.83. The van der Waals surface area contributed by atoms with E-state index in [9.17, 15) is 4.79 Å². The van der Waals surface area contributed by atoms with Crippen molar-refractivity contribution in [1.29, 1.82) is 0 Å². The molecule has 3 rings (SSSR count). The minimum absolute atomic E-state index is 0.829. The molecule has 0 spiro atoms. The van der Waals surface area contributed by atoms with Gasteiger partial charge in [-0.2, -0.15) is 0 Å². The maximum absolute atomic E-state index is 10.5. The predicted octanol–water partition coefficient (Wildman–Crippen LogP) is 1.77. The minimum Gasteiger partial charge on any atom is -0.478 e. The number of hydrogen-bond acceptors (Lipinski definition) is 4. The number of piperazine rings is 1. The van der Waals surface area contributed by atoms with Crippen molar-refractivity contribution < 1.29 is 9.90 Å². The van der Waals surface area contributed by atoms with Crippen LogP contribution in [0, 0.1) is 6.92 Å². The standard InChI is InChI=1S/C16H21N3O2/c1-12-10-13(2-5-15(20)21)11-17-16(12)19-8-6-18(7-9-19)14-3-4-14/h2,5,10-11,14H,3-4,6-9H2,1H3,(H,20,21)/b5-2+. The summed E-state index contributed by atoms with van der Waals surface area (Å²) in [4.78, 5) is 20.0. The maximum Gasteiger partial charge on any atom is 0.328 e. The van der Waals surface area contributed by atoms with E-state index in [0.717, 1.165) is 55.2 Å². The molecule has 2 aliphatic rings. The predicted molar refractivity (Wildman–Crippen MR) is 82.5 cm³/mol. The highest BCUT2D eigenvalue weighted by Gasteiger charge is 2.31. The lowest BCUT2D eigenvalue weighted by molar-refractivity contribution is -0.131. The Morgan fingerprint density at radius 2 is 2.05 bits per heavy atom. The Labute approximate surface area is 124 Å². The van der Waals surface area contributed by atoms with E-state index in [1.807, 2.05) is 13.0 Å². The van der Waals surface area contributed by atoms with Crippen LogP contribution in [0.25, 0.3) is 6.08 Å². The van der Waals surface area contributed by atoms with Crippen molar-refractivity contribution >= 4 is 17.9 Å². The number of anilines is 1. The average Bonchev–Trinajstić information content (AvgIpc) is 3.30. The number of aryl methyl sites for hydroxylation is 1. The number of rotatable bonds is 4. The van der Waals surface area contributed by atoms with E-state index in [2.05, 4.69) is 14.8 Å². The molecule has 21 heavy (non-hydrogen) atoms. The highest BCUT2D eigenvalue weighted by molar-refractivity contribution is 5.85. The van der Waals surface area contributed by atoms with Crippen molar-refractivity contribution in [3.8, 4) is 0 Å². The van der Waals surface area contributed by atoms with Gasteiger partial charge in [0.1, 0.15) is 5.82 Å². The highest BCUT2D eigenvalue weighted by atomic mass is 16.4. The smallest absolute Gasteiger partial charge is 0.328 e. The summed E-state index contributed by atoms with van der Waals surface area (Å²) in [6.45, 7) is 6.32. The summed E-state index contributed by atoms with van der Waals surface area (Å²) in [7, 11) is 0. The lowest BCUT2D eigenvalue weighted by Gasteiger charge is -2.36. The zero-order chi connectivity index (χ0) is 14.8. The number of hydrogen-bond donors (Lipinski definition) is 1. The number of aromatic nitrogens is 1. The topological polar surface area (TPSA) is 56.7 Å². The van der Waals surface area contributed by atoms with Crippen molar-refractivity contribution in [3.05, 3.63) is 29.5 Å². The van der Waals surface area contributed by atoms with Crippen molar-refractivity contribution in [3.63, 3.8) is 0 Å². The van der Waals surface area contributed by atoms with E-state index < -0.39 is 5.97 Å². The number of carboxylic acids is 1. The molecule has 112 valence electrons. The van der Waals surface area contributed by atoms with Crippen LogP contribution >= 0.6 is 0 Å². The van der Waals surface area contributed by atoms with Crippen LogP contribution in [0.5, 0.6) is 0 Å². The van der Waals surface area contributed by atoms with Gasteiger partial charge in [-0.3, -0.25) is 4.90 Å². The monoisotopic (exact) mass is 287 g/mol. The molecule has 0 unspecified atom stereocenters. The van der Waals surface area contributed by atoms with Crippen LogP contribution in [-0.2, 0) is 4.79 Å². The van der Waals surface area contributed by atoms with Gasteiger partial charge in [0.15, 0.2) is 0 Å². The van der Waals surface area contributed by atoms with Gasteiger partial charge in [-0.25, -0.2) is 9.78 Å². The van der Waals surface area contributed by atoms with E-state index in [-0.39, 0.29) is 0 Å². The van der Waals surface area contributed by atoms with Crippen LogP contribution in [0.1, 0.15) is 24.0 Å². The molecule has 5 heteroatoms. The number of pyridine rings is 1. The molecule has 1 saturated carbocycles. The second-order valence-electron chi connectivity index (χ2n) is 5.83. The lowest BCUT2D eigenvalue weighted by Crippen LogP contribution is -2.47. The van der Waals surface area contributed by atoms with Gasteiger partial charge in [0.2, 0.25) is 0 Å². The van der Waals surface area contributed by atoms with Crippen LogP contribution in [0.2, 0.25) is 0 Å². The molecule has 1 aliphatic carbocycles. The summed E-state index contributed by atoms with van der Waals surface area (Å²) in [5.74, 6) is 0.0887. The van der Waals surface area contributed by atoms with Crippen molar-refractivity contribution in [2.75, 3.05) is 31.1 Å². The molecular weight excluding hydrogens is 266 g/mol. The molecule has 1 aromatic heterocycles. The van der Waals surface area contributed by atoms with Gasteiger partial charge in [-0.1, -0.05) is 0 Å². The first-order chi connectivity index (χ1) is 10.1. The van der Waals surface area contributed by atoms with Gasteiger partial charge >= 0.3 is 5.97 Å². The molecule has 0 bridgehead atoms. The molecule has 0 atom stereocenters. The van der Waals surface area contributed by atoms with Gasteiger partial charge in [-0.05, 0) is 43.0 Å². The molecule has 0 amide bonds. The van der Waals surface area contributed by atoms with E-state index in [4.69, 9.17) is 5.11 Å². The van der Waals surface area contributed by atoms with E-state index in [1.54, 1.807) is 12.3 Å². The fourth-order valence-electron chi connectivity index (χ4n) is 2.92. The van der Waals surface area contributed by atoms with E-state index >= 15 is 0 Å². The fourth-order valence-corrected chi connectivity index (χ4v) is 2.92. The molecule has 1 N–H and O–H groups in total. The van der Waals surface area contributed by atoms with Crippen LogP contribution in [-0.4, -0.2) is 53.2 Å². The first-order valence-corrected chi connectivity index (χ1v) is 7.50. The second kappa shape index (κ2) is 5.85. The summed E-state index contributed by atoms with van der Waals surface area (Å²) in [6.07, 6.45) is 7.19. The van der Waals surface area contributed by atoms with Gasteiger partial charge in [0.05, 0.1) is 0 Å². The summed E-state index contributed by atoms with van der Waals surface area (Å²) in [5, 5.41) is 8.66. The molecular formula is C16H21N3O2. The first-order valence-electron chi connectivity index (χ1n) is 7.50. The molecule has 1 aromatic rings. The number of carbonyl (C=O) groups is 1. The van der Waals surface area contributed by atoms with Crippen molar-refractivity contribution in [2.24, 2.45) is 0 Å². The number of carboxylic acid groups (broad SMARTS) is 1. The normalized spacial score (nSPS) is 20.1. The van der Waals surface area contributed by atoms with Crippen LogP contribution < -0.4 is 4.90 Å². The fraction of sp³-hybridized carbons (Fsp3) is 0.500. The highest BCUT2D eigenvalue weighted by Crippen LogP contribution is 2.28. The van der Waals surface area contributed by atoms with Crippen LogP contribution in [0.4, 0.5) is 5.82 Å². The molecule has 2 fully saturated rings. The van der Waals surface area contributed by atoms with E-state index in [0.29, 0.717) is 0 Å². The average molecular weight is 287 g/mol. The quantitative estimate of drug-likeness (QED) is 0.855. The molecule has 0 radical (unpaired) electrons. The largest absolute Gasteiger partial charge is 0.478 e. The maximum atomic E-state index is 10.5. The molecule has 5 nitrogen and oxygen atoms in total. The Kier molecular flexibility index (Phi) is 3.92. The van der Waals surface area contributed by atoms with Gasteiger partial charge in [0, 0.05) is 44.5 Å². The zero-order valence-electron chi connectivity index (χ0n) is 12.3. The SMILES string of the molecule is Cc1cc(/C=C/C(=O)O)cnc1N1CCN(C2CC2)CC1. The summed E-state index contributed by atoms with van der Waals surface area (Å²) < 4.78 is 0. The molecule has 0 aromatic carbocycles. The summed E-state index contributed by atoms with van der Waals surface area (Å²) in [6, 6.07) is 2.83. The van der Waals surface area contributed by atoms with Gasteiger partial charge < -0.3 is 10.0 Å². The third-order valence-corrected chi connectivity index (χ3v) is 4.17. The van der Waals surface area contributed by atoms with Crippen LogP contribution in [0.3, 0.4) is 0 Å². The molecule has 2 heterocycles. The van der Waals surface area contributed by atoms with E-state index in [1.165, 1.54) is 12.8 Å². The Morgan fingerprint density at radius 1 is 1.33 bits per heavy atom. The number of nitrogens with zero attached hydrogens (tertiary/aromatic N) is 3. The van der Waals surface area contributed by atoms with Crippen LogP contribution in [0.15, 0.2) is 18.3 Å². The number of aliphatic carboxylic acids is 1. The third-order valence-electron chi connectivity index (χ3n) is 4.17. The Hall–Kier alpha value is -1.88. The molecule has 1 aliphatic heterocycles. The molecule has 1 saturated heterocycles. The minimum atomic E-state index is -0.937. The zero-order valence-corrected chi connectivity index (χ0v) is 12.3. The Morgan fingerprint density at radius 3 is 2.62 bits per heavy atom.